The number of nitrogens with one attached hydrogen (secondary N) is 1. The molecule has 0 heterocycles. The molecule has 0 aromatic heterocycles. The standard InChI is InChI=1S/C16H23NO/c1-12(2)7-8-17-15-9-14(10-15)13-5-4-6-16(11-13)18-3/h4-7,11,14-15,17H,8-10H2,1-3H3. The highest BCUT2D eigenvalue weighted by Crippen LogP contribution is 2.37. The van der Waals surface area contributed by atoms with Crippen LogP contribution in [0.5, 0.6) is 5.75 Å². The molecule has 0 aliphatic heterocycles. The first kappa shape index (κ1) is 13.2. The normalized spacial score (nSPS) is 22.2. The van der Waals surface area contributed by atoms with Gasteiger partial charge in [0.05, 0.1) is 7.11 Å². The van der Waals surface area contributed by atoms with Gasteiger partial charge in [-0.05, 0) is 50.3 Å². The minimum Gasteiger partial charge on any atom is -0.497 e. The van der Waals surface area contributed by atoms with E-state index in [0.717, 1.165) is 12.3 Å². The molecule has 1 aliphatic rings. The fourth-order valence-corrected chi connectivity index (χ4v) is 2.38. The third-order valence-corrected chi connectivity index (χ3v) is 3.62. The smallest absolute Gasteiger partial charge is 0.119 e. The summed E-state index contributed by atoms with van der Waals surface area (Å²) in [7, 11) is 1.73. The fraction of sp³-hybridized carbons (Fsp3) is 0.500. The Hall–Kier alpha value is -1.28. The van der Waals surface area contributed by atoms with Crippen LogP contribution >= 0.6 is 0 Å². The van der Waals surface area contributed by atoms with Gasteiger partial charge in [-0.3, -0.25) is 0 Å². The van der Waals surface area contributed by atoms with Crippen LogP contribution in [0.2, 0.25) is 0 Å². The van der Waals surface area contributed by atoms with Gasteiger partial charge in [-0.15, -0.1) is 0 Å². The monoisotopic (exact) mass is 245 g/mol. The Morgan fingerprint density at radius 1 is 1.39 bits per heavy atom. The van der Waals surface area contributed by atoms with Crippen molar-refractivity contribution >= 4 is 0 Å². The summed E-state index contributed by atoms with van der Waals surface area (Å²) in [6.07, 6.45) is 4.73. The molecular weight excluding hydrogens is 222 g/mol. The molecule has 0 unspecified atom stereocenters. The molecule has 0 spiro atoms. The highest BCUT2D eigenvalue weighted by atomic mass is 16.5. The SMILES string of the molecule is COc1cccc(C2CC(NCC=C(C)C)C2)c1. The van der Waals surface area contributed by atoms with E-state index in [0.29, 0.717) is 12.0 Å². The molecule has 1 aromatic rings. The van der Waals surface area contributed by atoms with E-state index in [1.807, 2.05) is 6.07 Å². The number of ether oxygens (including phenoxy) is 1. The predicted molar refractivity (Wildman–Crippen MR) is 76.2 cm³/mol. The van der Waals surface area contributed by atoms with E-state index in [1.54, 1.807) is 7.11 Å². The van der Waals surface area contributed by atoms with Crippen LogP contribution < -0.4 is 10.1 Å². The molecule has 0 atom stereocenters. The first-order chi connectivity index (χ1) is 8.69. The van der Waals surface area contributed by atoms with Crippen molar-refractivity contribution in [1.82, 2.24) is 5.32 Å². The molecule has 1 N–H and O–H groups in total. The van der Waals surface area contributed by atoms with Gasteiger partial charge in [0.25, 0.3) is 0 Å². The van der Waals surface area contributed by atoms with Crippen LogP contribution in [-0.4, -0.2) is 19.7 Å². The van der Waals surface area contributed by atoms with Gasteiger partial charge in [-0.2, -0.15) is 0 Å². The van der Waals surface area contributed by atoms with Crippen LogP contribution in [0.15, 0.2) is 35.9 Å². The number of allylic oxidation sites excluding steroid dienone is 1. The molecule has 0 amide bonds. The van der Waals surface area contributed by atoms with Crippen molar-refractivity contribution in [3.63, 3.8) is 0 Å². The Balaban J connectivity index is 1.79. The average molecular weight is 245 g/mol. The molecule has 0 saturated heterocycles. The van der Waals surface area contributed by atoms with E-state index in [2.05, 4.69) is 43.4 Å². The van der Waals surface area contributed by atoms with E-state index in [4.69, 9.17) is 4.74 Å². The molecule has 1 aromatic carbocycles. The number of hydrogen-bond donors (Lipinski definition) is 1. The second kappa shape index (κ2) is 6.05. The van der Waals surface area contributed by atoms with Crippen molar-refractivity contribution in [2.75, 3.05) is 13.7 Å². The van der Waals surface area contributed by atoms with E-state index in [-0.39, 0.29) is 0 Å². The first-order valence-electron chi connectivity index (χ1n) is 6.69. The molecule has 0 radical (unpaired) electrons. The lowest BCUT2D eigenvalue weighted by atomic mass is 9.76. The average Bonchev–Trinajstić information content (AvgIpc) is 2.31. The molecule has 18 heavy (non-hydrogen) atoms. The van der Waals surface area contributed by atoms with Crippen molar-refractivity contribution in [1.29, 1.82) is 0 Å². The fourth-order valence-electron chi connectivity index (χ4n) is 2.38. The summed E-state index contributed by atoms with van der Waals surface area (Å²) in [5, 5.41) is 3.57. The van der Waals surface area contributed by atoms with Gasteiger partial charge < -0.3 is 10.1 Å². The Labute approximate surface area is 110 Å². The highest BCUT2D eigenvalue weighted by molar-refractivity contribution is 5.32. The number of hydrogen-bond acceptors (Lipinski definition) is 2. The van der Waals surface area contributed by atoms with Crippen molar-refractivity contribution in [2.24, 2.45) is 0 Å². The Bertz CT molecular complexity index is 415. The van der Waals surface area contributed by atoms with Crippen molar-refractivity contribution in [3.05, 3.63) is 41.5 Å². The van der Waals surface area contributed by atoms with Crippen molar-refractivity contribution in [2.45, 2.75) is 38.6 Å². The number of benzene rings is 1. The van der Waals surface area contributed by atoms with Gasteiger partial charge in [-0.25, -0.2) is 0 Å². The van der Waals surface area contributed by atoms with Crippen molar-refractivity contribution in [3.8, 4) is 5.75 Å². The summed E-state index contributed by atoms with van der Waals surface area (Å²) in [4.78, 5) is 0. The predicted octanol–water partition coefficient (Wildman–Crippen LogP) is 3.50. The molecule has 1 saturated carbocycles. The topological polar surface area (TPSA) is 21.3 Å². The quantitative estimate of drug-likeness (QED) is 0.802. The number of methoxy groups -OCH3 is 1. The van der Waals surface area contributed by atoms with Crippen LogP contribution in [-0.2, 0) is 0 Å². The van der Waals surface area contributed by atoms with E-state index < -0.39 is 0 Å². The van der Waals surface area contributed by atoms with Crippen LogP contribution in [0.1, 0.15) is 38.2 Å². The zero-order valence-corrected chi connectivity index (χ0v) is 11.6. The summed E-state index contributed by atoms with van der Waals surface area (Å²) < 4.78 is 5.27. The lowest BCUT2D eigenvalue weighted by Crippen LogP contribution is -2.40. The minimum absolute atomic E-state index is 0.678. The van der Waals surface area contributed by atoms with Crippen molar-refractivity contribution < 1.29 is 4.74 Å². The van der Waals surface area contributed by atoms with E-state index >= 15 is 0 Å². The van der Waals surface area contributed by atoms with Crippen LogP contribution in [0.3, 0.4) is 0 Å². The van der Waals surface area contributed by atoms with E-state index in [1.165, 1.54) is 24.0 Å². The Morgan fingerprint density at radius 2 is 2.17 bits per heavy atom. The van der Waals surface area contributed by atoms with Gasteiger partial charge in [0.15, 0.2) is 0 Å². The molecule has 1 aliphatic carbocycles. The zero-order chi connectivity index (χ0) is 13.0. The summed E-state index contributed by atoms with van der Waals surface area (Å²) >= 11 is 0. The number of rotatable bonds is 5. The lowest BCUT2D eigenvalue weighted by Gasteiger charge is -2.36. The maximum Gasteiger partial charge on any atom is 0.119 e. The second-order valence-corrected chi connectivity index (χ2v) is 5.33. The molecule has 1 fully saturated rings. The summed E-state index contributed by atoms with van der Waals surface area (Å²) in [6, 6.07) is 9.14. The second-order valence-electron chi connectivity index (χ2n) is 5.33. The molecule has 2 rings (SSSR count). The molecule has 2 nitrogen and oxygen atoms in total. The van der Waals surface area contributed by atoms with Gasteiger partial charge in [-0.1, -0.05) is 23.8 Å². The maximum absolute atomic E-state index is 5.27. The summed E-state index contributed by atoms with van der Waals surface area (Å²) in [6.45, 7) is 5.28. The van der Waals surface area contributed by atoms with Gasteiger partial charge in [0, 0.05) is 12.6 Å². The zero-order valence-electron chi connectivity index (χ0n) is 11.6. The highest BCUT2D eigenvalue weighted by Gasteiger charge is 2.29. The van der Waals surface area contributed by atoms with E-state index in [9.17, 15) is 0 Å². The van der Waals surface area contributed by atoms with Gasteiger partial charge in [0.2, 0.25) is 0 Å². The Morgan fingerprint density at radius 3 is 2.83 bits per heavy atom. The van der Waals surface area contributed by atoms with Crippen LogP contribution in [0.25, 0.3) is 0 Å². The molecular formula is C16H23NO. The molecule has 98 valence electrons. The lowest BCUT2D eigenvalue weighted by molar-refractivity contribution is 0.298. The summed E-state index contributed by atoms with van der Waals surface area (Å²) in [5.74, 6) is 1.66. The first-order valence-corrected chi connectivity index (χ1v) is 6.69. The maximum atomic E-state index is 5.27. The third kappa shape index (κ3) is 3.36. The molecule has 0 bridgehead atoms. The van der Waals surface area contributed by atoms with Crippen LogP contribution in [0.4, 0.5) is 0 Å². The van der Waals surface area contributed by atoms with Gasteiger partial charge >= 0.3 is 0 Å². The molecule has 2 heteroatoms. The third-order valence-electron chi connectivity index (χ3n) is 3.62. The van der Waals surface area contributed by atoms with Crippen LogP contribution in [0, 0.1) is 0 Å². The Kier molecular flexibility index (Phi) is 4.43. The largest absolute Gasteiger partial charge is 0.497 e. The minimum atomic E-state index is 0.678. The summed E-state index contributed by atoms with van der Waals surface area (Å²) in [5.41, 5.74) is 2.79. The van der Waals surface area contributed by atoms with Gasteiger partial charge in [0.1, 0.15) is 5.75 Å².